The first-order valence-electron chi connectivity index (χ1n) is 7.52. The summed E-state index contributed by atoms with van der Waals surface area (Å²) >= 11 is 11.9. The first-order chi connectivity index (χ1) is 10.1. The van der Waals surface area contributed by atoms with E-state index in [1.165, 1.54) is 0 Å². The van der Waals surface area contributed by atoms with E-state index < -0.39 is 0 Å². The van der Waals surface area contributed by atoms with E-state index in [0.29, 0.717) is 22.4 Å². The molecule has 6 heteroatoms. The molecule has 0 unspecified atom stereocenters. The number of hydrogen-bond donors (Lipinski definition) is 1. The molecular weight excluding hydrogens is 343 g/mol. The third kappa shape index (κ3) is 5.62. The van der Waals surface area contributed by atoms with Crippen LogP contribution in [-0.2, 0) is 11.2 Å². The second kappa shape index (κ2) is 9.61. The molecule has 0 aliphatic carbocycles. The van der Waals surface area contributed by atoms with Gasteiger partial charge in [0, 0.05) is 13.1 Å². The van der Waals surface area contributed by atoms with Crippen LogP contribution >= 0.6 is 35.6 Å². The fraction of sp³-hybridized carbons (Fsp3) is 0.562. The van der Waals surface area contributed by atoms with E-state index >= 15 is 0 Å². The van der Waals surface area contributed by atoms with Crippen molar-refractivity contribution < 1.29 is 4.79 Å². The fourth-order valence-corrected chi connectivity index (χ4v) is 2.99. The molecule has 1 aliphatic rings. The molecule has 1 N–H and O–H groups in total. The zero-order chi connectivity index (χ0) is 15.2. The van der Waals surface area contributed by atoms with E-state index in [4.69, 9.17) is 23.2 Å². The lowest BCUT2D eigenvalue weighted by Gasteiger charge is -2.32. The van der Waals surface area contributed by atoms with Gasteiger partial charge in [-0.05, 0) is 49.5 Å². The summed E-state index contributed by atoms with van der Waals surface area (Å²) in [5.74, 6) is 0.870. The predicted molar refractivity (Wildman–Crippen MR) is 95.3 cm³/mol. The summed E-state index contributed by atoms with van der Waals surface area (Å²) in [4.78, 5) is 14.3. The highest BCUT2D eigenvalue weighted by Gasteiger charge is 2.22. The maximum atomic E-state index is 12.3. The van der Waals surface area contributed by atoms with Crippen LogP contribution in [0.5, 0.6) is 0 Å². The van der Waals surface area contributed by atoms with Crippen molar-refractivity contribution >= 4 is 41.5 Å². The molecule has 0 bridgehead atoms. The Morgan fingerprint density at radius 2 is 1.95 bits per heavy atom. The molecule has 2 rings (SSSR count). The molecule has 3 nitrogen and oxygen atoms in total. The number of halogens is 3. The lowest BCUT2D eigenvalue weighted by molar-refractivity contribution is -0.131. The standard InChI is InChI=1S/C16H22Cl2N2O.ClH/c1-2-19-11-12-5-7-20(8-6-12)16(21)10-13-3-4-14(17)15(18)9-13;/h3-4,9,12,19H,2,5-8,10-11H2,1H3;1H. The van der Waals surface area contributed by atoms with Gasteiger partial charge in [0.2, 0.25) is 5.91 Å². The molecule has 1 aliphatic heterocycles. The molecule has 0 saturated carbocycles. The van der Waals surface area contributed by atoms with Gasteiger partial charge in [-0.25, -0.2) is 0 Å². The number of nitrogens with one attached hydrogen (secondary N) is 1. The van der Waals surface area contributed by atoms with Crippen molar-refractivity contribution in [1.29, 1.82) is 0 Å². The Balaban J connectivity index is 0.00000242. The third-order valence-corrected chi connectivity index (χ3v) is 4.73. The molecule has 1 aromatic carbocycles. The van der Waals surface area contributed by atoms with Gasteiger partial charge < -0.3 is 10.2 Å². The van der Waals surface area contributed by atoms with E-state index in [-0.39, 0.29) is 18.3 Å². The smallest absolute Gasteiger partial charge is 0.226 e. The van der Waals surface area contributed by atoms with Crippen LogP contribution in [0, 0.1) is 5.92 Å². The highest BCUT2D eigenvalue weighted by Crippen LogP contribution is 2.23. The Morgan fingerprint density at radius 3 is 2.55 bits per heavy atom. The van der Waals surface area contributed by atoms with E-state index in [1.54, 1.807) is 12.1 Å². The predicted octanol–water partition coefficient (Wildman–Crippen LogP) is 3.81. The second-order valence-corrected chi connectivity index (χ2v) is 6.37. The average Bonchev–Trinajstić information content (AvgIpc) is 2.49. The van der Waals surface area contributed by atoms with E-state index in [1.807, 2.05) is 11.0 Å². The summed E-state index contributed by atoms with van der Waals surface area (Å²) < 4.78 is 0. The topological polar surface area (TPSA) is 32.3 Å². The van der Waals surface area contributed by atoms with Crippen molar-refractivity contribution in [3.05, 3.63) is 33.8 Å². The normalized spacial score (nSPS) is 15.5. The Hall–Kier alpha value is -0.480. The molecule has 1 saturated heterocycles. The number of benzene rings is 1. The van der Waals surface area contributed by atoms with E-state index in [2.05, 4.69) is 12.2 Å². The minimum atomic E-state index is 0. The molecular formula is C16H23Cl3N2O. The number of likely N-dealkylation sites (tertiary alicyclic amines) is 1. The summed E-state index contributed by atoms with van der Waals surface area (Å²) in [6.45, 7) is 5.91. The quantitative estimate of drug-likeness (QED) is 0.860. The van der Waals surface area contributed by atoms with Gasteiger partial charge in [0.05, 0.1) is 16.5 Å². The molecule has 0 atom stereocenters. The number of hydrogen-bond acceptors (Lipinski definition) is 2. The molecule has 1 aromatic rings. The lowest BCUT2D eigenvalue weighted by atomic mass is 9.96. The fourth-order valence-electron chi connectivity index (χ4n) is 2.67. The third-order valence-electron chi connectivity index (χ3n) is 3.99. The number of rotatable bonds is 5. The van der Waals surface area contributed by atoms with Crippen LogP contribution in [0.3, 0.4) is 0 Å². The molecule has 22 heavy (non-hydrogen) atoms. The Morgan fingerprint density at radius 1 is 1.27 bits per heavy atom. The van der Waals surface area contributed by atoms with Crippen molar-refractivity contribution in [1.82, 2.24) is 10.2 Å². The number of amides is 1. The zero-order valence-corrected chi connectivity index (χ0v) is 15.1. The van der Waals surface area contributed by atoms with Crippen molar-refractivity contribution in [3.8, 4) is 0 Å². The van der Waals surface area contributed by atoms with Crippen LogP contribution in [0.2, 0.25) is 10.0 Å². The number of carbonyl (C=O) groups is 1. The van der Waals surface area contributed by atoms with Crippen LogP contribution in [0.15, 0.2) is 18.2 Å². The van der Waals surface area contributed by atoms with Crippen molar-refractivity contribution in [2.24, 2.45) is 5.92 Å². The summed E-state index contributed by atoms with van der Waals surface area (Å²) in [5.41, 5.74) is 0.921. The van der Waals surface area contributed by atoms with Gasteiger partial charge in [-0.3, -0.25) is 4.79 Å². The van der Waals surface area contributed by atoms with Crippen LogP contribution in [0.4, 0.5) is 0 Å². The maximum Gasteiger partial charge on any atom is 0.226 e. The van der Waals surface area contributed by atoms with Gasteiger partial charge in [0.25, 0.3) is 0 Å². The monoisotopic (exact) mass is 364 g/mol. The largest absolute Gasteiger partial charge is 0.342 e. The molecule has 1 fully saturated rings. The molecule has 0 radical (unpaired) electrons. The van der Waals surface area contributed by atoms with Crippen LogP contribution in [0.25, 0.3) is 0 Å². The minimum absolute atomic E-state index is 0. The molecule has 1 amide bonds. The number of piperidine rings is 1. The Kier molecular flexibility index (Phi) is 8.55. The van der Waals surface area contributed by atoms with Crippen LogP contribution in [0.1, 0.15) is 25.3 Å². The number of carbonyl (C=O) groups excluding carboxylic acids is 1. The molecule has 1 heterocycles. The molecule has 0 aromatic heterocycles. The van der Waals surface area contributed by atoms with Crippen LogP contribution < -0.4 is 5.32 Å². The summed E-state index contributed by atoms with van der Waals surface area (Å²) in [5, 5.41) is 4.41. The zero-order valence-electron chi connectivity index (χ0n) is 12.8. The average molecular weight is 366 g/mol. The highest BCUT2D eigenvalue weighted by atomic mass is 35.5. The second-order valence-electron chi connectivity index (χ2n) is 5.56. The first kappa shape index (κ1) is 19.6. The van der Waals surface area contributed by atoms with Gasteiger partial charge in [0.1, 0.15) is 0 Å². The minimum Gasteiger partial charge on any atom is -0.342 e. The maximum absolute atomic E-state index is 12.3. The molecule has 124 valence electrons. The summed E-state index contributed by atoms with van der Waals surface area (Å²) in [6, 6.07) is 5.39. The summed E-state index contributed by atoms with van der Waals surface area (Å²) in [6.07, 6.45) is 2.56. The van der Waals surface area contributed by atoms with Gasteiger partial charge in [-0.1, -0.05) is 36.2 Å². The van der Waals surface area contributed by atoms with Crippen molar-refractivity contribution in [2.75, 3.05) is 26.2 Å². The van der Waals surface area contributed by atoms with E-state index in [0.717, 1.165) is 44.6 Å². The summed E-state index contributed by atoms with van der Waals surface area (Å²) in [7, 11) is 0. The SMILES string of the molecule is CCNCC1CCN(C(=O)Cc2ccc(Cl)c(Cl)c2)CC1.Cl. The van der Waals surface area contributed by atoms with Gasteiger partial charge in [-0.15, -0.1) is 12.4 Å². The van der Waals surface area contributed by atoms with Crippen molar-refractivity contribution in [3.63, 3.8) is 0 Å². The lowest BCUT2D eigenvalue weighted by Crippen LogP contribution is -2.41. The van der Waals surface area contributed by atoms with E-state index in [9.17, 15) is 4.79 Å². The van der Waals surface area contributed by atoms with Crippen molar-refractivity contribution in [2.45, 2.75) is 26.2 Å². The van der Waals surface area contributed by atoms with Gasteiger partial charge in [0.15, 0.2) is 0 Å². The Labute approximate surface area is 148 Å². The first-order valence-corrected chi connectivity index (χ1v) is 8.28. The highest BCUT2D eigenvalue weighted by molar-refractivity contribution is 6.42. The van der Waals surface area contributed by atoms with Gasteiger partial charge >= 0.3 is 0 Å². The number of nitrogens with zero attached hydrogens (tertiary/aromatic N) is 1. The molecule has 0 spiro atoms. The van der Waals surface area contributed by atoms with Crippen LogP contribution in [-0.4, -0.2) is 37.0 Å². The Bertz CT molecular complexity index is 488. The van der Waals surface area contributed by atoms with Gasteiger partial charge in [-0.2, -0.15) is 0 Å².